The van der Waals surface area contributed by atoms with Gasteiger partial charge in [0.25, 0.3) is 0 Å². The predicted molar refractivity (Wildman–Crippen MR) is 78.6 cm³/mol. The zero-order valence-electron chi connectivity index (χ0n) is 10.6. The van der Waals surface area contributed by atoms with E-state index >= 15 is 0 Å². The Kier molecular flexibility index (Phi) is 4.17. The zero-order valence-corrected chi connectivity index (χ0v) is 12.1. The Morgan fingerprint density at radius 3 is 2.26 bits per heavy atom. The second kappa shape index (κ2) is 5.67. The lowest BCUT2D eigenvalue weighted by Gasteiger charge is -2.16. The highest BCUT2D eigenvalue weighted by Crippen LogP contribution is 2.37. The van der Waals surface area contributed by atoms with Crippen LogP contribution in [0.15, 0.2) is 17.1 Å². The topological polar surface area (TPSA) is 56.7 Å². The number of nitrogens with zero attached hydrogens (tertiary/aromatic N) is 2. The molecule has 1 aliphatic rings. The second-order valence-electron chi connectivity index (χ2n) is 4.15. The molecule has 1 aliphatic heterocycles. The van der Waals surface area contributed by atoms with E-state index in [1.165, 1.54) is 11.8 Å². The van der Waals surface area contributed by atoms with Gasteiger partial charge in [0.2, 0.25) is 5.91 Å². The summed E-state index contributed by atoms with van der Waals surface area (Å²) in [4.78, 5) is 17.1. The first-order valence-corrected chi connectivity index (χ1v) is 6.54. The maximum absolute atomic E-state index is 11.3. The van der Waals surface area contributed by atoms with Gasteiger partial charge in [0, 0.05) is 32.7 Å². The van der Waals surface area contributed by atoms with Gasteiger partial charge < -0.3 is 15.5 Å². The van der Waals surface area contributed by atoms with Gasteiger partial charge in [-0.1, -0.05) is 23.2 Å². The van der Waals surface area contributed by atoms with Crippen molar-refractivity contribution in [3.63, 3.8) is 0 Å². The van der Waals surface area contributed by atoms with Crippen molar-refractivity contribution in [3.05, 3.63) is 22.2 Å². The van der Waals surface area contributed by atoms with Crippen molar-refractivity contribution in [1.82, 2.24) is 10.6 Å². The number of carbonyl (C=O) groups excluding carboxylic acids is 1. The van der Waals surface area contributed by atoms with Crippen LogP contribution in [0.25, 0.3) is 0 Å². The molecule has 102 valence electrons. The molecule has 0 unspecified atom stereocenters. The quantitative estimate of drug-likeness (QED) is 0.880. The molecule has 0 atom stereocenters. The van der Waals surface area contributed by atoms with Gasteiger partial charge in [-0.25, -0.2) is 4.99 Å². The fourth-order valence-electron chi connectivity index (χ4n) is 1.65. The SMILES string of the molecule is CC(=O)N(C)c1cc(Cl)c(N=C2NCCN2)c(Cl)c1. The molecule has 5 nitrogen and oxygen atoms in total. The number of carbonyl (C=O) groups is 1. The number of benzene rings is 1. The summed E-state index contributed by atoms with van der Waals surface area (Å²) >= 11 is 12.4. The highest BCUT2D eigenvalue weighted by molar-refractivity contribution is 6.39. The molecule has 1 aromatic carbocycles. The minimum atomic E-state index is -0.0923. The minimum Gasteiger partial charge on any atom is -0.354 e. The Bertz CT molecular complexity index is 514. The minimum absolute atomic E-state index is 0.0923. The van der Waals surface area contributed by atoms with Crippen LogP contribution in [-0.4, -0.2) is 32.0 Å². The molecule has 2 N–H and O–H groups in total. The Morgan fingerprint density at radius 2 is 1.79 bits per heavy atom. The van der Waals surface area contributed by atoms with E-state index in [1.54, 1.807) is 19.2 Å². The predicted octanol–water partition coefficient (Wildman–Crippen LogP) is 2.16. The molecule has 0 saturated carbocycles. The van der Waals surface area contributed by atoms with Gasteiger partial charge in [-0.05, 0) is 12.1 Å². The van der Waals surface area contributed by atoms with Crippen molar-refractivity contribution in [2.75, 3.05) is 25.0 Å². The van der Waals surface area contributed by atoms with E-state index < -0.39 is 0 Å². The first kappa shape index (κ1) is 14.0. The molecule has 1 saturated heterocycles. The van der Waals surface area contributed by atoms with Crippen LogP contribution in [-0.2, 0) is 4.79 Å². The summed E-state index contributed by atoms with van der Waals surface area (Å²) < 4.78 is 0. The van der Waals surface area contributed by atoms with Crippen LogP contribution >= 0.6 is 23.2 Å². The van der Waals surface area contributed by atoms with Gasteiger partial charge in [0.05, 0.1) is 10.0 Å². The van der Waals surface area contributed by atoms with Crippen LogP contribution in [0.5, 0.6) is 0 Å². The van der Waals surface area contributed by atoms with E-state index in [0.29, 0.717) is 27.4 Å². The fraction of sp³-hybridized carbons (Fsp3) is 0.333. The van der Waals surface area contributed by atoms with E-state index in [-0.39, 0.29) is 5.91 Å². The van der Waals surface area contributed by atoms with Gasteiger partial charge in [0.1, 0.15) is 5.69 Å². The average Bonchev–Trinajstić information content (AvgIpc) is 2.85. The number of hydrogen-bond acceptors (Lipinski definition) is 2. The van der Waals surface area contributed by atoms with Crippen molar-refractivity contribution in [3.8, 4) is 0 Å². The summed E-state index contributed by atoms with van der Waals surface area (Å²) in [6, 6.07) is 3.34. The van der Waals surface area contributed by atoms with Gasteiger partial charge in [-0.2, -0.15) is 0 Å². The number of aliphatic imine (C=N–C) groups is 1. The van der Waals surface area contributed by atoms with Gasteiger partial charge in [0.15, 0.2) is 5.96 Å². The number of amides is 1. The molecule has 1 amide bonds. The molecule has 0 spiro atoms. The number of hydrogen-bond donors (Lipinski definition) is 2. The average molecular weight is 301 g/mol. The maximum Gasteiger partial charge on any atom is 0.223 e. The van der Waals surface area contributed by atoms with Crippen molar-refractivity contribution in [1.29, 1.82) is 0 Å². The Balaban J connectivity index is 2.37. The number of nitrogens with one attached hydrogen (secondary N) is 2. The summed E-state index contributed by atoms with van der Waals surface area (Å²) in [6.07, 6.45) is 0. The summed E-state index contributed by atoms with van der Waals surface area (Å²) in [7, 11) is 1.66. The molecule has 2 rings (SSSR count). The third-order valence-electron chi connectivity index (χ3n) is 2.79. The molecule has 1 fully saturated rings. The fourth-order valence-corrected chi connectivity index (χ4v) is 2.21. The van der Waals surface area contributed by atoms with Gasteiger partial charge in [-0.15, -0.1) is 0 Å². The molecule has 19 heavy (non-hydrogen) atoms. The van der Waals surface area contributed by atoms with Crippen LogP contribution < -0.4 is 15.5 Å². The lowest BCUT2D eigenvalue weighted by molar-refractivity contribution is -0.116. The second-order valence-corrected chi connectivity index (χ2v) is 4.96. The number of anilines is 1. The van der Waals surface area contributed by atoms with E-state index in [0.717, 1.165) is 13.1 Å². The maximum atomic E-state index is 11.3. The van der Waals surface area contributed by atoms with Crippen LogP contribution in [0.2, 0.25) is 10.0 Å². The summed E-state index contributed by atoms with van der Waals surface area (Å²) in [6.45, 7) is 3.11. The van der Waals surface area contributed by atoms with Crippen molar-refractivity contribution < 1.29 is 4.79 Å². The van der Waals surface area contributed by atoms with E-state index in [9.17, 15) is 4.79 Å². The van der Waals surface area contributed by atoms with Gasteiger partial charge in [-0.3, -0.25) is 4.79 Å². The van der Waals surface area contributed by atoms with Gasteiger partial charge >= 0.3 is 0 Å². The van der Waals surface area contributed by atoms with E-state index in [4.69, 9.17) is 23.2 Å². The van der Waals surface area contributed by atoms with E-state index in [1.807, 2.05) is 0 Å². The van der Waals surface area contributed by atoms with Crippen LogP contribution in [0, 0.1) is 0 Å². The molecular formula is C12H14Cl2N4O. The molecule has 1 aromatic rings. The van der Waals surface area contributed by atoms with Crippen molar-refractivity contribution >= 4 is 46.4 Å². The molecule has 1 heterocycles. The van der Waals surface area contributed by atoms with Crippen molar-refractivity contribution in [2.45, 2.75) is 6.92 Å². The summed E-state index contributed by atoms with van der Waals surface area (Å²) in [5, 5.41) is 6.95. The smallest absolute Gasteiger partial charge is 0.223 e. The third kappa shape index (κ3) is 3.11. The first-order valence-electron chi connectivity index (χ1n) is 5.79. The Morgan fingerprint density at radius 1 is 1.26 bits per heavy atom. The lowest BCUT2D eigenvalue weighted by atomic mass is 10.2. The van der Waals surface area contributed by atoms with Crippen LogP contribution in [0.4, 0.5) is 11.4 Å². The summed E-state index contributed by atoms with van der Waals surface area (Å²) in [5.74, 6) is 0.557. The Hall–Kier alpha value is -1.46. The Labute approximate surface area is 121 Å². The molecule has 0 aliphatic carbocycles. The number of halogens is 2. The monoisotopic (exact) mass is 300 g/mol. The molecular weight excluding hydrogens is 287 g/mol. The van der Waals surface area contributed by atoms with Crippen LogP contribution in [0.1, 0.15) is 6.92 Å². The highest BCUT2D eigenvalue weighted by Gasteiger charge is 2.14. The van der Waals surface area contributed by atoms with E-state index in [2.05, 4.69) is 15.6 Å². The zero-order chi connectivity index (χ0) is 14.0. The number of rotatable bonds is 2. The molecule has 0 aromatic heterocycles. The summed E-state index contributed by atoms with van der Waals surface area (Å²) in [5.41, 5.74) is 1.12. The van der Waals surface area contributed by atoms with Crippen LogP contribution in [0.3, 0.4) is 0 Å². The molecule has 0 bridgehead atoms. The third-order valence-corrected chi connectivity index (χ3v) is 3.37. The number of guanidine groups is 1. The first-order chi connectivity index (χ1) is 8.99. The van der Waals surface area contributed by atoms with Crippen molar-refractivity contribution in [2.24, 2.45) is 4.99 Å². The molecule has 0 radical (unpaired) electrons. The largest absolute Gasteiger partial charge is 0.354 e. The normalized spacial score (nSPS) is 13.8. The molecule has 7 heteroatoms. The lowest BCUT2D eigenvalue weighted by Crippen LogP contribution is -2.23. The highest BCUT2D eigenvalue weighted by atomic mass is 35.5. The standard InChI is InChI=1S/C12H14Cl2N4O/c1-7(19)18(2)8-5-9(13)11(10(14)6-8)17-12-15-3-4-16-12/h5-6H,3-4H2,1-2H3,(H2,15,16,17).